The van der Waals surface area contributed by atoms with E-state index in [1.807, 2.05) is 80.6 Å². The quantitative estimate of drug-likeness (QED) is 0.264. The van der Waals surface area contributed by atoms with Gasteiger partial charge in [0.2, 0.25) is 0 Å². The van der Waals surface area contributed by atoms with Crippen molar-refractivity contribution < 1.29 is 9.90 Å². The second-order valence-corrected chi connectivity index (χ2v) is 8.15. The molecule has 0 fully saturated rings. The molecule has 0 spiro atoms. The molecule has 0 saturated carbocycles. The maximum atomic E-state index is 13.9. The minimum atomic E-state index is -0.414. The van der Waals surface area contributed by atoms with Crippen LogP contribution < -0.4 is 4.90 Å². The maximum absolute atomic E-state index is 13.9. The van der Waals surface area contributed by atoms with Crippen LogP contribution >= 0.6 is 11.6 Å². The lowest BCUT2D eigenvalue weighted by atomic mass is 10.1. The minimum absolute atomic E-state index is 0.103. The largest absolute Gasteiger partial charge is 0.507 e. The first-order valence-corrected chi connectivity index (χ1v) is 10.9. The first-order valence-electron chi connectivity index (χ1n) is 10.5. The first-order chi connectivity index (χ1) is 15.9. The molecule has 4 aromatic carbocycles. The highest BCUT2D eigenvalue weighted by Gasteiger charge is 2.27. The molecule has 4 nitrogen and oxygen atoms in total. The van der Waals surface area contributed by atoms with Gasteiger partial charge in [-0.15, -0.1) is 0 Å². The molecule has 0 aliphatic heterocycles. The van der Waals surface area contributed by atoms with Crippen LogP contribution in [0, 0.1) is 13.8 Å². The van der Waals surface area contributed by atoms with Crippen LogP contribution in [0.1, 0.15) is 27.0 Å². The molecule has 1 N–H and O–H groups in total. The molecule has 4 rings (SSSR count). The molecule has 33 heavy (non-hydrogen) atoms. The van der Waals surface area contributed by atoms with Crippen LogP contribution in [0.25, 0.3) is 0 Å². The van der Waals surface area contributed by atoms with E-state index in [9.17, 15) is 9.90 Å². The Hall–Kier alpha value is -3.89. The van der Waals surface area contributed by atoms with E-state index in [4.69, 9.17) is 16.6 Å². The number of carbonyl (C=O) groups is 1. The summed E-state index contributed by atoms with van der Waals surface area (Å²) in [6.07, 6.45) is 0. The summed E-state index contributed by atoms with van der Waals surface area (Å²) in [4.78, 5) is 20.2. The number of hydrogen-bond acceptors (Lipinski definition) is 3. The van der Waals surface area contributed by atoms with Crippen molar-refractivity contribution in [2.45, 2.75) is 13.8 Å². The van der Waals surface area contributed by atoms with Crippen LogP contribution in [-0.4, -0.2) is 16.8 Å². The number of para-hydroxylation sites is 1. The molecule has 0 saturated heterocycles. The number of aliphatic imine (C=N–C) groups is 1. The average molecular weight is 455 g/mol. The van der Waals surface area contributed by atoms with Gasteiger partial charge >= 0.3 is 0 Å². The highest BCUT2D eigenvalue weighted by Crippen LogP contribution is 2.29. The normalized spacial score (nSPS) is 11.3. The Labute approximate surface area is 198 Å². The summed E-state index contributed by atoms with van der Waals surface area (Å²) in [5.74, 6) is -0.155. The zero-order valence-electron chi connectivity index (χ0n) is 18.4. The minimum Gasteiger partial charge on any atom is -0.507 e. The van der Waals surface area contributed by atoms with Crippen molar-refractivity contribution in [2.75, 3.05) is 4.90 Å². The van der Waals surface area contributed by atoms with Gasteiger partial charge in [-0.05, 0) is 62.4 Å². The standard InChI is InChI=1S/C28H23ClN2O2/c1-19-11-15-21(16-12-19)30-27(23-7-3-5-9-25(23)29)31(22-17-13-20(2)14-18-22)28(33)24-8-4-6-10-26(24)32/h3-18,32H,1-2H3. The second-order valence-electron chi connectivity index (χ2n) is 7.74. The van der Waals surface area contributed by atoms with Crippen LogP contribution in [0.3, 0.4) is 0 Å². The summed E-state index contributed by atoms with van der Waals surface area (Å²) in [7, 11) is 0. The van der Waals surface area contributed by atoms with Gasteiger partial charge < -0.3 is 5.11 Å². The fraction of sp³-hybridized carbons (Fsp3) is 0.0714. The SMILES string of the molecule is Cc1ccc(N=C(c2ccccc2Cl)N(C(=O)c2ccccc2O)c2ccc(C)cc2)cc1. The van der Waals surface area contributed by atoms with E-state index in [-0.39, 0.29) is 11.3 Å². The number of phenolic OH excluding ortho intramolecular Hbond substituents is 1. The molecular formula is C28H23ClN2O2. The highest BCUT2D eigenvalue weighted by atomic mass is 35.5. The molecule has 0 aliphatic carbocycles. The number of carbonyl (C=O) groups excluding carboxylic acids is 1. The maximum Gasteiger partial charge on any atom is 0.267 e. The van der Waals surface area contributed by atoms with Gasteiger partial charge in [-0.2, -0.15) is 0 Å². The summed E-state index contributed by atoms with van der Waals surface area (Å²) in [5.41, 5.74) is 4.22. The zero-order chi connectivity index (χ0) is 23.4. The Bertz CT molecular complexity index is 1310. The lowest BCUT2D eigenvalue weighted by molar-refractivity contribution is 0.1000. The number of nitrogens with zero attached hydrogens (tertiary/aromatic N) is 2. The third-order valence-electron chi connectivity index (χ3n) is 5.23. The van der Waals surface area contributed by atoms with Gasteiger partial charge in [-0.1, -0.05) is 71.3 Å². The van der Waals surface area contributed by atoms with E-state index < -0.39 is 5.91 Å². The van der Waals surface area contributed by atoms with Crippen molar-refractivity contribution in [3.63, 3.8) is 0 Å². The predicted molar refractivity (Wildman–Crippen MR) is 135 cm³/mol. The molecule has 0 aromatic heterocycles. The van der Waals surface area contributed by atoms with Crippen molar-refractivity contribution in [2.24, 2.45) is 4.99 Å². The van der Waals surface area contributed by atoms with Crippen molar-refractivity contribution in [1.82, 2.24) is 0 Å². The summed E-state index contributed by atoms with van der Waals surface area (Å²) >= 11 is 6.58. The summed E-state index contributed by atoms with van der Waals surface area (Å²) in [5, 5.41) is 10.9. The average Bonchev–Trinajstić information content (AvgIpc) is 2.82. The number of halogens is 1. The Morgan fingerprint density at radius 1 is 0.758 bits per heavy atom. The number of amides is 1. The van der Waals surface area contributed by atoms with Crippen molar-refractivity contribution in [1.29, 1.82) is 0 Å². The number of rotatable bonds is 4. The van der Waals surface area contributed by atoms with E-state index >= 15 is 0 Å². The van der Waals surface area contributed by atoms with Crippen LogP contribution in [0.5, 0.6) is 5.75 Å². The third kappa shape index (κ3) is 4.97. The topological polar surface area (TPSA) is 52.9 Å². The van der Waals surface area contributed by atoms with Gasteiger partial charge in [-0.3, -0.25) is 9.69 Å². The molecule has 5 heteroatoms. The molecule has 0 radical (unpaired) electrons. The number of amidine groups is 1. The molecule has 4 aromatic rings. The number of aromatic hydroxyl groups is 1. The number of hydrogen-bond donors (Lipinski definition) is 1. The summed E-state index contributed by atoms with van der Waals surface area (Å²) in [6.45, 7) is 3.98. The number of anilines is 1. The number of benzene rings is 4. The molecule has 0 atom stereocenters. The predicted octanol–water partition coefficient (Wildman–Crippen LogP) is 7.09. The van der Waals surface area contributed by atoms with E-state index in [1.165, 1.54) is 11.0 Å². The van der Waals surface area contributed by atoms with Gasteiger partial charge in [0.15, 0.2) is 0 Å². The Morgan fingerprint density at radius 3 is 1.91 bits per heavy atom. The Morgan fingerprint density at radius 2 is 1.30 bits per heavy atom. The number of phenols is 1. The molecule has 0 bridgehead atoms. The van der Waals surface area contributed by atoms with Crippen LogP contribution in [0.15, 0.2) is 102 Å². The third-order valence-corrected chi connectivity index (χ3v) is 5.55. The molecule has 0 aliphatic rings. The monoisotopic (exact) mass is 454 g/mol. The molecular weight excluding hydrogens is 432 g/mol. The lowest BCUT2D eigenvalue weighted by Crippen LogP contribution is -2.38. The molecule has 0 unspecified atom stereocenters. The Kier molecular flexibility index (Phi) is 6.57. The van der Waals surface area contributed by atoms with Crippen LogP contribution in [0.4, 0.5) is 11.4 Å². The van der Waals surface area contributed by atoms with Gasteiger partial charge in [-0.25, -0.2) is 4.99 Å². The van der Waals surface area contributed by atoms with Gasteiger partial charge in [0.1, 0.15) is 11.6 Å². The molecule has 0 heterocycles. The van der Waals surface area contributed by atoms with Gasteiger partial charge in [0.05, 0.1) is 22.0 Å². The molecule has 1 amide bonds. The zero-order valence-corrected chi connectivity index (χ0v) is 19.1. The van der Waals surface area contributed by atoms with E-state index in [0.717, 1.165) is 11.1 Å². The van der Waals surface area contributed by atoms with E-state index in [1.54, 1.807) is 24.3 Å². The number of aryl methyl sites for hydroxylation is 2. The summed E-state index contributed by atoms with van der Waals surface area (Å²) < 4.78 is 0. The van der Waals surface area contributed by atoms with E-state index in [0.29, 0.717) is 27.8 Å². The highest BCUT2D eigenvalue weighted by molar-refractivity contribution is 6.37. The van der Waals surface area contributed by atoms with Crippen molar-refractivity contribution in [3.05, 3.63) is 124 Å². The van der Waals surface area contributed by atoms with Gasteiger partial charge in [0.25, 0.3) is 5.91 Å². The van der Waals surface area contributed by atoms with Gasteiger partial charge in [0, 0.05) is 5.56 Å². The van der Waals surface area contributed by atoms with Crippen LogP contribution in [-0.2, 0) is 0 Å². The lowest BCUT2D eigenvalue weighted by Gasteiger charge is -2.26. The smallest absolute Gasteiger partial charge is 0.267 e. The van der Waals surface area contributed by atoms with Crippen molar-refractivity contribution >= 4 is 34.7 Å². The fourth-order valence-electron chi connectivity index (χ4n) is 3.42. The van der Waals surface area contributed by atoms with Crippen molar-refractivity contribution in [3.8, 4) is 5.75 Å². The van der Waals surface area contributed by atoms with Crippen LogP contribution in [0.2, 0.25) is 5.02 Å². The summed E-state index contributed by atoms with van der Waals surface area (Å²) in [6, 6.07) is 29.0. The first kappa shape index (κ1) is 22.3. The van der Waals surface area contributed by atoms with E-state index in [2.05, 4.69) is 0 Å². The Balaban J connectivity index is 1.97. The second kappa shape index (κ2) is 9.72. The fourth-order valence-corrected chi connectivity index (χ4v) is 3.64. The molecule has 164 valence electrons.